The zero-order valence-electron chi connectivity index (χ0n) is 18.1. The van der Waals surface area contributed by atoms with Gasteiger partial charge < -0.3 is 0 Å². The van der Waals surface area contributed by atoms with Crippen molar-refractivity contribution in [1.82, 2.24) is 0 Å². The smallest absolute Gasteiger partial charge is 0.207 e. The van der Waals surface area contributed by atoms with Crippen molar-refractivity contribution in [3.05, 3.63) is 63.6 Å². The molecule has 0 N–H and O–H groups in total. The fraction of sp³-hybridized carbons (Fsp3) is 0.375. The molecule has 2 aromatic carbocycles. The highest BCUT2D eigenvalue weighted by Gasteiger charge is 2.24. The monoisotopic (exact) mass is 351 g/mol. The first-order chi connectivity index (χ1) is 12.6. The second kappa shape index (κ2) is 6.50. The summed E-state index contributed by atoms with van der Waals surface area (Å²) in [5.74, 6) is -0.101. The molecule has 1 heterocycles. The SMILES string of the molecule is [2H]c1c(C)[n+](C)c(-c2cc(C)cc(C)c2C)c2cc(F)c(C(C)C)c(C)c12. The number of fused-ring (bicyclic) bond motifs is 1. The third-order valence-electron chi connectivity index (χ3n) is 5.62. The number of hydrogen-bond donors (Lipinski definition) is 0. The number of aromatic nitrogens is 1. The molecule has 2 heteroatoms. The van der Waals surface area contributed by atoms with Crippen molar-refractivity contribution < 1.29 is 10.3 Å². The molecule has 0 radical (unpaired) electrons. The van der Waals surface area contributed by atoms with Crippen molar-refractivity contribution in [3.8, 4) is 11.3 Å². The van der Waals surface area contributed by atoms with Gasteiger partial charge in [-0.2, -0.15) is 4.57 Å². The lowest BCUT2D eigenvalue weighted by atomic mass is 9.89. The molecular weight excluding hydrogens is 321 g/mol. The number of hydrogen-bond acceptors (Lipinski definition) is 0. The van der Waals surface area contributed by atoms with E-state index in [1.54, 1.807) is 6.07 Å². The number of halogens is 1. The van der Waals surface area contributed by atoms with Crippen LogP contribution in [0.4, 0.5) is 4.39 Å². The van der Waals surface area contributed by atoms with Crippen molar-refractivity contribution in [1.29, 1.82) is 0 Å². The minimum absolute atomic E-state index is 0.0782. The minimum atomic E-state index is -0.179. The first-order valence-corrected chi connectivity index (χ1v) is 9.26. The lowest BCUT2D eigenvalue weighted by Crippen LogP contribution is -2.35. The average molecular weight is 352 g/mol. The van der Waals surface area contributed by atoms with Gasteiger partial charge in [0.2, 0.25) is 5.69 Å². The van der Waals surface area contributed by atoms with E-state index < -0.39 is 0 Å². The van der Waals surface area contributed by atoms with Crippen LogP contribution in [0, 0.1) is 40.4 Å². The number of pyridine rings is 1. The molecule has 0 aliphatic carbocycles. The Morgan fingerprint density at radius 2 is 1.62 bits per heavy atom. The van der Waals surface area contributed by atoms with Gasteiger partial charge in [-0.3, -0.25) is 0 Å². The van der Waals surface area contributed by atoms with Crippen LogP contribution < -0.4 is 4.57 Å². The fourth-order valence-electron chi connectivity index (χ4n) is 4.07. The second-order valence-corrected chi connectivity index (χ2v) is 7.85. The van der Waals surface area contributed by atoms with Crippen LogP contribution >= 0.6 is 0 Å². The van der Waals surface area contributed by atoms with Gasteiger partial charge >= 0.3 is 0 Å². The Bertz CT molecular complexity index is 1080. The Kier molecular flexibility index (Phi) is 4.30. The first kappa shape index (κ1) is 17.2. The minimum Gasteiger partial charge on any atom is -0.207 e. The van der Waals surface area contributed by atoms with Gasteiger partial charge in [-0.15, -0.1) is 0 Å². The van der Waals surface area contributed by atoms with Crippen LogP contribution in [-0.4, -0.2) is 0 Å². The Hall–Kier alpha value is -2.22. The van der Waals surface area contributed by atoms with Gasteiger partial charge in [0.15, 0.2) is 5.69 Å². The Morgan fingerprint density at radius 3 is 2.23 bits per heavy atom. The Balaban J connectivity index is 2.59. The largest absolute Gasteiger partial charge is 0.220 e. The summed E-state index contributed by atoms with van der Waals surface area (Å²) < 4.78 is 25.9. The van der Waals surface area contributed by atoms with Crippen LogP contribution in [0.1, 0.15) is 54.6 Å². The van der Waals surface area contributed by atoms with Crippen molar-refractivity contribution in [2.24, 2.45) is 7.05 Å². The summed E-state index contributed by atoms with van der Waals surface area (Å²) in [7, 11) is 1.98. The molecule has 1 nitrogen and oxygen atoms in total. The van der Waals surface area contributed by atoms with Crippen LogP contribution in [0.3, 0.4) is 0 Å². The highest BCUT2D eigenvalue weighted by Crippen LogP contribution is 2.36. The standard InChI is InChI=1S/C24H29FN/c1-13(2)23-18(7)19-11-16(5)26(8)24(21(19)12-22(23)25)20-10-14(3)9-15(4)17(20)6/h9-13H,1-8H3/q+1/i11D. The summed E-state index contributed by atoms with van der Waals surface area (Å²) in [4.78, 5) is 0. The molecule has 0 fully saturated rings. The number of benzene rings is 2. The molecule has 0 atom stereocenters. The van der Waals surface area contributed by atoms with E-state index in [-0.39, 0.29) is 11.7 Å². The number of nitrogens with zero attached hydrogens (tertiary/aromatic N) is 1. The van der Waals surface area contributed by atoms with Crippen LogP contribution in [0.5, 0.6) is 0 Å². The predicted octanol–water partition coefficient (Wildman–Crippen LogP) is 6.14. The summed E-state index contributed by atoms with van der Waals surface area (Å²) in [6, 6.07) is 6.47. The van der Waals surface area contributed by atoms with Crippen LogP contribution in [0.15, 0.2) is 24.2 Å². The van der Waals surface area contributed by atoms with E-state index in [2.05, 4.69) is 32.9 Å². The van der Waals surface area contributed by atoms with E-state index in [4.69, 9.17) is 1.37 Å². The van der Waals surface area contributed by atoms with E-state index in [0.717, 1.165) is 33.3 Å². The third kappa shape index (κ3) is 2.82. The molecule has 3 rings (SSSR count). The molecule has 0 bridgehead atoms. The van der Waals surface area contributed by atoms with Crippen LogP contribution in [0.25, 0.3) is 22.0 Å². The molecule has 1 aromatic heterocycles. The quantitative estimate of drug-likeness (QED) is 0.489. The highest BCUT2D eigenvalue weighted by atomic mass is 19.1. The van der Waals surface area contributed by atoms with Crippen molar-refractivity contribution in [2.75, 3.05) is 0 Å². The number of aryl methyl sites for hydroxylation is 3. The molecule has 0 aliphatic heterocycles. The van der Waals surface area contributed by atoms with Gasteiger partial charge in [0.05, 0.1) is 12.3 Å². The van der Waals surface area contributed by atoms with Gasteiger partial charge in [0.1, 0.15) is 12.9 Å². The molecule has 3 aromatic rings. The maximum Gasteiger partial charge on any atom is 0.220 e. The zero-order valence-corrected chi connectivity index (χ0v) is 17.1. The normalized spacial score (nSPS) is 12.2. The molecule has 0 aliphatic rings. The summed E-state index contributed by atoms with van der Waals surface area (Å²) in [5.41, 5.74) is 8.19. The highest BCUT2D eigenvalue weighted by molar-refractivity contribution is 5.96. The van der Waals surface area contributed by atoms with E-state index in [0.29, 0.717) is 11.6 Å². The average Bonchev–Trinajstić information content (AvgIpc) is 2.56. The molecule has 0 saturated carbocycles. The van der Waals surface area contributed by atoms with E-state index in [1.807, 2.05) is 39.3 Å². The molecule has 136 valence electrons. The predicted molar refractivity (Wildman–Crippen MR) is 108 cm³/mol. The first-order valence-electron chi connectivity index (χ1n) is 9.76. The van der Waals surface area contributed by atoms with Crippen molar-refractivity contribution >= 4 is 10.8 Å². The summed E-state index contributed by atoms with van der Waals surface area (Å²) in [6.07, 6.45) is 0. The van der Waals surface area contributed by atoms with Crippen molar-refractivity contribution in [2.45, 2.75) is 54.4 Å². The molecule has 0 unspecified atom stereocenters. The lowest BCUT2D eigenvalue weighted by Gasteiger charge is -2.17. The van der Waals surface area contributed by atoms with E-state index in [1.165, 1.54) is 16.7 Å². The molecule has 0 amide bonds. The summed E-state index contributed by atoms with van der Waals surface area (Å²) in [6.45, 7) is 14.3. The lowest BCUT2D eigenvalue weighted by molar-refractivity contribution is -0.665. The van der Waals surface area contributed by atoms with E-state index >= 15 is 4.39 Å². The summed E-state index contributed by atoms with van der Waals surface area (Å²) >= 11 is 0. The summed E-state index contributed by atoms with van der Waals surface area (Å²) in [5, 5.41) is 1.69. The van der Waals surface area contributed by atoms with Gasteiger partial charge in [-0.25, -0.2) is 4.39 Å². The zero-order chi connectivity index (χ0) is 20.2. The van der Waals surface area contributed by atoms with Crippen molar-refractivity contribution in [3.63, 3.8) is 0 Å². The van der Waals surface area contributed by atoms with Gasteiger partial charge in [0.25, 0.3) is 0 Å². The maximum atomic E-state index is 15.1. The van der Waals surface area contributed by atoms with Crippen LogP contribution in [-0.2, 0) is 7.05 Å². The van der Waals surface area contributed by atoms with Gasteiger partial charge in [-0.1, -0.05) is 25.5 Å². The van der Waals surface area contributed by atoms with Gasteiger partial charge in [-0.05, 0) is 73.4 Å². The maximum absolute atomic E-state index is 15.1. The third-order valence-corrected chi connectivity index (χ3v) is 5.62. The Morgan fingerprint density at radius 1 is 0.962 bits per heavy atom. The topological polar surface area (TPSA) is 3.88 Å². The molecular formula is C24H29FN+. The van der Waals surface area contributed by atoms with Crippen LogP contribution in [0.2, 0.25) is 0 Å². The Labute approximate surface area is 157 Å². The molecule has 0 spiro atoms. The van der Waals surface area contributed by atoms with E-state index in [9.17, 15) is 0 Å². The number of rotatable bonds is 2. The fourth-order valence-corrected chi connectivity index (χ4v) is 4.07. The van der Waals surface area contributed by atoms with Gasteiger partial charge in [0, 0.05) is 13.0 Å². The molecule has 26 heavy (non-hydrogen) atoms. The second-order valence-electron chi connectivity index (χ2n) is 7.85. The molecule has 0 saturated heterocycles.